The van der Waals surface area contributed by atoms with E-state index in [1.165, 1.54) is 18.3 Å². The van der Waals surface area contributed by atoms with Crippen LogP contribution in [0.2, 0.25) is 0 Å². The van der Waals surface area contributed by atoms with Crippen molar-refractivity contribution in [2.75, 3.05) is 19.5 Å². The lowest BCUT2D eigenvalue weighted by Gasteiger charge is -2.19. The molecule has 3 rings (SSSR count). The standard InChI is InChI=1S/C22H21N3O5/c1-29-17-8-3-14(4-9-17)20(25-21(27)15-5-12-19(26)23-13-15)22(28)24-16-6-10-18(30-2)11-7-16/h3-13,20H,1-2H3,(H,23,26)(H,24,28)(H,25,27)/t20-/m1/s1. The number of anilines is 1. The Morgan fingerprint density at radius 1 is 0.867 bits per heavy atom. The Morgan fingerprint density at radius 2 is 1.47 bits per heavy atom. The molecule has 8 nitrogen and oxygen atoms in total. The third-order valence-corrected chi connectivity index (χ3v) is 4.39. The minimum Gasteiger partial charge on any atom is -0.497 e. The summed E-state index contributed by atoms with van der Waals surface area (Å²) in [5.41, 5.74) is 1.03. The summed E-state index contributed by atoms with van der Waals surface area (Å²) in [7, 11) is 3.10. The number of H-pyrrole nitrogens is 1. The van der Waals surface area contributed by atoms with Crippen molar-refractivity contribution in [1.82, 2.24) is 10.3 Å². The molecule has 2 aromatic carbocycles. The lowest BCUT2D eigenvalue weighted by atomic mass is 10.0. The number of amides is 2. The van der Waals surface area contributed by atoms with E-state index >= 15 is 0 Å². The first-order valence-electron chi connectivity index (χ1n) is 9.08. The number of aromatic amines is 1. The van der Waals surface area contributed by atoms with Crippen molar-refractivity contribution >= 4 is 17.5 Å². The van der Waals surface area contributed by atoms with E-state index in [2.05, 4.69) is 15.6 Å². The normalized spacial score (nSPS) is 11.3. The second kappa shape index (κ2) is 9.42. The van der Waals surface area contributed by atoms with E-state index < -0.39 is 17.9 Å². The van der Waals surface area contributed by atoms with E-state index in [0.717, 1.165) is 0 Å². The fourth-order valence-electron chi connectivity index (χ4n) is 2.75. The van der Waals surface area contributed by atoms with E-state index in [1.54, 1.807) is 62.8 Å². The third kappa shape index (κ3) is 5.05. The van der Waals surface area contributed by atoms with E-state index in [4.69, 9.17) is 9.47 Å². The molecule has 1 atom stereocenters. The van der Waals surface area contributed by atoms with Crippen molar-refractivity contribution in [2.45, 2.75) is 6.04 Å². The number of benzene rings is 2. The molecule has 0 saturated heterocycles. The van der Waals surface area contributed by atoms with E-state index in [0.29, 0.717) is 22.7 Å². The van der Waals surface area contributed by atoms with Crippen LogP contribution < -0.4 is 25.7 Å². The highest BCUT2D eigenvalue weighted by Gasteiger charge is 2.24. The lowest BCUT2D eigenvalue weighted by molar-refractivity contribution is -0.118. The fraction of sp³-hybridized carbons (Fsp3) is 0.136. The number of ether oxygens (including phenoxy) is 2. The monoisotopic (exact) mass is 407 g/mol. The number of nitrogens with one attached hydrogen (secondary N) is 3. The maximum atomic E-state index is 13.0. The van der Waals surface area contributed by atoms with Crippen LogP contribution in [0.25, 0.3) is 0 Å². The highest BCUT2D eigenvalue weighted by Crippen LogP contribution is 2.21. The molecule has 1 aromatic heterocycles. The highest BCUT2D eigenvalue weighted by molar-refractivity contribution is 6.01. The van der Waals surface area contributed by atoms with Gasteiger partial charge in [0.2, 0.25) is 5.56 Å². The molecule has 0 bridgehead atoms. The largest absolute Gasteiger partial charge is 0.497 e. The van der Waals surface area contributed by atoms with E-state index in [-0.39, 0.29) is 11.1 Å². The summed E-state index contributed by atoms with van der Waals surface area (Å²) in [5.74, 6) is 0.353. The number of methoxy groups -OCH3 is 2. The maximum Gasteiger partial charge on any atom is 0.253 e. The van der Waals surface area contributed by atoms with Gasteiger partial charge in [-0.1, -0.05) is 12.1 Å². The number of carbonyl (C=O) groups excluding carboxylic acids is 2. The first-order valence-corrected chi connectivity index (χ1v) is 9.08. The number of carbonyl (C=O) groups is 2. The zero-order valence-electron chi connectivity index (χ0n) is 16.5. The molecule has 2 amide bonds. The van der Waals surface area contributed by atoms with Gasteiger partial charge in [-0.25, -0.2) is 0 Å². The van der Waals surface area contributed by atoms with Gasteiger partial charge < -0.3 is 25.1 Å². The van der Waals surface area contributed by atoms with Gasteiger partial charge in [0.15, 0.2) is 0 Å². The smallest absolute Gasteiger partial charge is 0.253 e. The second-order valence-corrected chi connectivity index (χ2v) is 6.34. The van der Waals surface area contributed by atoms with Gasteiger partial charge in [-0.2, -0.15) is 0 Å². The van der Waals surface area contributed by atoms with Crippen LogP contribution in [0.4, 0.5) is 5.69 Å². The SMILES string of the molecule is COc1ccc(NC(=O)[C@H](NC(=O)c2ccc(=O)[nH]c2)c2ccc(OC)cc2)cc1. The van der Waals surface area contributed by atoms with Crippen molar-refractivity contribution in [1.29, 1.82) is 0 Å². The van der Waals surface area contributed by atoms with Crippen molar-refractivity contribution in [3.63, 3.8) is 0 Å². The van der Waals surface area contributed by atoms with Crippen LogP contribution in [0.15, 0.2) is 71.7 Å². The molecule has 0 aliphatic heterocycles. The van der Waals surface area contributed by atoms with Gasteiger partial charge in [0, 0.05) is 18.0 Å². The highest BCUT2D eigenvalue weighted by atomic mass is 16.5. The summed E-state index contributed by atoms with van der Waals surface area (Å²) < 4.78 is 10.3. The van der Waals surface area contributed by atoms with Crippen molar-refractivity contribution in [3.05, 3.63) is 88.3 Å². The minimum atomic E-state index is -0.975. The van der Waals surface area contributed by atoms with Crippen LogP contribution in [-0.2, 0) is 4.79 Å². The summed E-state index contributed by atoms with van der Waals surface area (Å²) in [6.45, 7) is 0. The quantitative estimate of drug-likeness (QED) is 0.558. The molecule has 0 aliphatic rings. The summed E-state index contributed by atoms with van der Waals surface area (Å²) in [6, 6.07) is 15.3. The molecule has 3 N–H and O–H groups in total. The van der Waals surface area contributed by atoms with Crippen molar-refractivity contribution in [2.24, 2.45) is 0 Å². The van der Waals surface area contributed by atoms with Gasteiger partial charge in [0.1, 0.15) is 17.5 Å². The van der Waals surface area contributed by atoms with E-state index in [1.807, 2.05) is 0 Å². The Hall–Kier alpha value is -4.07. The molecule has 0 spiro atoms. The molecule has 0 unspecified atom stereocenters. The molecule has 0 radical (unpaired) electrons. The molecular formula is C22H21N3O5. The third-order valence-electron chi connectivity index (χ3n) is 4.39. The topological polar surface area (TPSA) is 110 Å². The van der Waals surface area contributed by atoms with E-state index in [9.17, 15) is 14.4 Å². The minimum absolute atomic E-state index is 0.227. The molecule has 0 fully saturated rings. The number of hydrogen-bond acceptors (Lipinski definition) is 5. The first-order chi connectivity index (χ1) is 14.5. The average Bonchev–Trinajstić information content (AvgIpc) is 2.78. The first kappa shape index (κ1) is 20.7. The van der Waals surface area contributed by atoms with Gasteiger partial charge in [-0.3, -0.25) is 14.4 Å². The molecule has 0 saturated carbocycles. The van der Waals surface area contributed by atoms with Gasteiger partial charge in [-0.15, -0.1) is 0 Å². The number of rotatable bonds is 7. The Balaban J connectivity index is 1.85. The van der Waals surface area contributed by atoms with Gasteiger partial charge in [0.25, 0.3) is 11.8 Å². The van der Waals surface area contributed by atoms with Crippen LogP contribution in [0, 0.1) is 0 Å². The lowest BCUT2D eigenvalue weighted by Crippen LogP contribution is -2.37. The van der Waals surface area contributed by atoms with Crippen LogP contribution >= 0.6 is 0 Å². The molecule has 8 heteroatoms. The second-order valence-electron chi connectivity index (χ2n) is 6.34. The molecule has 154 valence electrons. The summed E-state index contributed by atoms with van der Waals surface area (Å²) in [4.78, 5) is 39.3. The maximum absolute atomic E-state index is 13.0. The molecule has 3 aromatic rings. The van der Waals surface area contributed by atoms with Gasteiger partial charge >= 0.3 is 0 Å². The zero-order valence-corrected chi connectivity index (χ0v) is 16.5. The Kier molecular flexibility index (Phi) is 6.49. The van der Waals surface area contributed by atoms with Crippen molar-refractivity contribution in [3.8, 4) is 11.5 Å². The summed E-state index contributed by atoms with van der Waals surface area (Å²) in [5, 5.41) is 5.50. The number of hydrogen-bond donors (Lipinski definition) is 3. The Labute approximate surface area is 172 Å². The number of pyridine rings is 1. The molecule has 0 aliphatic carbocycles. The Morgan fingerprint density at radius 3 is 2.00 bits per heavy atom. The fourth-order valence-corrected chi connectivity index (χ4v) is 2.75. The van der Waals surface area contributed by atoms with Crippen LogP contribution in [0.1, 0.15) is 22.0 Å². The molecule has 30 heavy (non-hydrogen) atoms. The van der Waals surface area contributed by atoms with Crippen LogP contribution in [0.5, 0.6) is 11.5 Å². The zero-order chi connectivity index (χ0) is 21.5. The van der Waals surface area contributed by atoms with Crippen LogP contribution in [0.3, 0.4) is 0 Å². The molecule has 1 heterocycles. The summed E-state index contributed by atoms with van der Waals surface area (Å²) >= 11 is 0. The summed E-state index contributed by atoms with van der Waals surface area (Å²) in [6.07, 6.45) is 1.30. The average molecular weight is 407 g/mol. The van der Waals surface area contributed by atoms with Crippen molar-refractivity contribution < 1.29 is 19.1 Å². The number of aromatic nitrogens is 1. The predicted octanol–water partition coefficient (Wildman–Crippen LogP) is 2.50. The van der Waals surface area contributed by atoms with Gasteiger partial charge in [-0.05, 0) is 48.0 Å². The predicted molar refractivity (Wildman–Crippen MR) is 112 cm³/mol. The van der Waals surface area contributed by atoms with Gasteiger partial charge in [0.05, 0.1) is 19.8 Å². The van der Waals surface area contributed by atoms with Crippen LogP contribution in [-0.4, -0.2) is 31.0 Å². The molecular weight excluding hydrogens is 386 g/mol. The Bertz CT molecular complexity index is 1050.